The van der Waals surface area contributed by atoms with Crippen molar-refractivity contribution in [3.05, 3.63) is 39.9 Å². The van der Waals surface area contributed by atoms with Gasteiger partial charge >= 0.3 is 0 Å². The number of aryl methyl sites for hydroxylation is 1. The Balaban J connectivity index is 2.25. The molecule has 1 heterocycles. The van der Waals surface area contributed by atoms with Crippen LogP contribution in [0, 0.1) is 0 Å². The quantitative estimate of drug-likeness (QED) is 0.877. The second-order valence-electron chi connectivity index (χ2n) is 4.78. The first-order chi connectivity index (χ1) is 9.10. The molecular weight excluding hydrogens is 276 g/mol. The SMILES string of the molecule is CCc1nc(-c2ccc(Cl)cc2)sc1CNC(C)C. The molecule has 2 nitrogen and oxygen atoms in total. The summed E-state index contributed by atoms with van der Waals surface area (Å²) in [6.45, 7) is 7.37. The van der Waals surface area contributed by atoms with Crippen LogP contribution in [-0.4, -0.2) is 11.0 Å². The third kappa shape index (κ3) is 3.78. The fraction of sp³-hybridized carbons (Fsp3) is 0.400. The van der Waals surface area contributed by atoms with Crippen LogP contribution in [0.1, 0.15) is 31.3 Å². The predicted octanol–water partition coefficient (Wildman–Crippen LogP) is 4.52. The van der Waals surface area contributed by atoms with E-state index in [1.165, 1.54) is 10.6 Å². The Kier molecular flexibility index (Phi) is 4.97. The summed E-state index contributed by atoms with van der Waals surface area (Å²) in [5, 5.41) is 5.30. The van der Waals surface area contributed by atoms with Gasteiger partial charge < -0.3 is 5.32 Å². The van der Waals surface area contributed by atoms with E-state index in [2.05, 4.69) is 26.1 Å². The molecule has 1 N–H and O–H groups in total. The lowest BCUT2D eigenvalue weighted by molar-refractivity contribution is 0.590. The average molecular weight is 295 g/mol. The molecule has 0 fully saturated rings. The lowest BCUT2D eigenvalue weighted by Crippen LogP contribution is -2.21. The minimum Gasteiger partial charge on any atom is -0.310 e. The molecule has 0 saturated carbocycles. The maximum absolute atomic E-state index is 5.92. The molecule has 2 rings (SSSR count). The molecule has 1 aromatic heterocycles. The minimum atomic E-state index is 0.491. The van der Waals surface area contributed by atoms with Gasteiger partial charge in [0.2, 0.25) is 0 Å². The van der Waals surface area contributed by atoms with Gasteiger partial charge in [0.25, 0.3) is 0 Å². The van der Waals surface area contributed by atoms with E-state index in [1.54, 1.807) is 11.3 Å². The van der Waals surface area contributed by atoms with Crippen molar-refractivity contribution in [2.75, 3.05) is 0 Å². The summed E-state index contributed by atoms with van der Waals surface area (Å²) < 4.78 is 0. The highest BCUT2D eigenvalue weighted by Gasteiger charge is 2.11. The van der Waals surface area contributed by atoms with Crippen LogP contribution in [0.2, 0.25) is 5.02 Å². The van der Waals surface area contributed by atoms with Crippen LogP contribution in [0.15, 0.2) is 24.3 Å². The number of nitrogens with one attached hydrogen (secondary N) is 1. The van der Waals surface area contributed by atoms with Crippen molar-refractivity contribution in [3.8, 4) is 10.6 Å². The van der Waals surface area contributed by atoms with Crippen LogP contribution in [0.4, 0.5) is 0 Å². The Morgan fingerprint density at radius 2 is 1.95 bits per heavy atom. The van der Waals surface area contributed by atoms with Crippen molar-refractivity contribution < 1.29 is 0 Å². The number of thiazole rings is 1. The van der Waals surface area contributed by atoms with Gasteiger partial charge in [0.15, 0.2) is 0 Å². The predicted molar refractivity (Wildman–Crippen MR) is 83.9 cm³/mol. The number of rotatable bonds is 5. The van der Waals surface area contributed by atoms with Gasteiger partial charge in [-0.1, -0.05) is 44.5 Å². The normalized spacial score (nSPS) is 11.2. The lowest BCUT2D eigenvalue weighted by Gasteiger charge is -2.06. The fourth-order valence-corrected chi connectivity index (χ4v) is 3.04. The van der Waals surface area contributed by atoms with Crippen LogP contribution in [-0.2, 0) is 13.0 Å². The molecule has 0 aliphatic rings. The van der Waals surface area contributed by atoms with Crippen molar-refractivity contribution in [3.63, 3.8) is 0 Å². The molecule has 19 heavy (non-hydrogen) atoms. The molecule has 1 aromatic carbocycles. The molecule has 4 heteroatoms. The van der Waals surface area contributed by atoms with Gasteiger partial charge in [0, 0.05) is 28.0 Å². The second-order valence-corrected chi connectivity index (χ2v) is 6.30. The number of nitrogens with zero attached hydrogens (tertiary/aromatic N) is 1. The van der Waals surface area contributed by atoms with Gasteiger partial charge in [-0.15, -0.1) is 11.3 Å². The fourth-order valence-electron chi connectivity index (χ4n) is 1.81. The summed E-state index contributed by atoms with van der Waals surface area (Å²) in [6.07, 6.45) is 0.971. The standard InChI is InChI=1S/C15H19ClN2S/c1-4-13-14(9-17-10(2)3)19-15(18-13)11-5-7-12(16)8-6-11/h5-8,10,17H,4,9H2,1-3H3. The molecule has 0 unspecified atom stereocenters. The molecule has 0 saturated heterocycles. The maximum Gasteiger partial charge on any atom is 0.123 e. The molecule has 0 aliphatic carbocycles. The molecule has 0 amide bonds. The zero-order valence-corrected chi connectivity index (χ0v) is 13.1. The van der Waals surface area contributed by atoms with Gasteiger partial charge in [-0.3, -0.25) is 0 Å². The number of aromatic nitrogens is 1. The third-order valence-electron chi connectivity index (χ3n) is 2.88. The van der Waals surface area contributed by atoms with Crippen molar-refractivity contribution in [1.29, 1.82) is 0 Å². The molecule has 0 atom stereocenters. The smallest absolute Gasteiger partial charge is 0.123 e. The molecule has 0 aliphatic heterocycles. The number of hydrogen-bond donors (Lipinski definition) is 1. The van der Waals surface area contributed by atoms with E-state index < -0.39 is 0 Å². The van der Waals surface area contributed by atoms with Crippen LogP contribution < -0.4 is 5.32 Å². The van der Waals surface area contributed by atoms with Gasteiger partial charge in [0.05, 0.1) is 5.69 Å². The molecule has 102 valence electrons. The Morgan fingerprint density at radius 1 is 1.26 bits per heavy atom. The van der Waals surface area contributed by atoms with Crippen molar-refractivity contribution in [2.24, 2.45) is 0 Å². The lowest BCUT2D eigenvalue weighted by atomic mass is 10.2. The highest BCUT2D eigenvalue weighted by molar-refractivity contribution is 7.15. The minimum absolute atomic E-state index is 0.491. The van der Waals surface area contributed by atoms with Crippen molar-refractivity contribution in [2.45, 2.75) is 39.8 Å². The Labute approximate surface area is 123 Å². The summed E-state index contributed by atoms with van der Waals surface area (Å²) in [7, 11) is 0. The number of benzene rings is 1. The number of hydrogen-bond acceptors (Lipinski definition) is 3. The van der Waals surface area contributed by atoms with E-state index in [4.69, 9.17) is 16.6 Å². The largest absolute Gasteiger partial charge is 0.310 e. The Morgan fingerprint density at radius 3 is 2.53 bits per heavy atom. The van der Waals surface area contributed by atoms with E-state index in [-0.39, 0.29) is 0 Å². The monoisotopic (exact) mass is 294 g/mol. The van der Waals surface area contributed by atoms with Crippen LogP contribution in [0.25, 0.3) is 10.6 Å². The van der Waals surface area contributed by atoms with E-state index in [0.717, 1.165) is 28.6 Å². The summed E-state index contributed by atoms with van der Waals surface area (Å²) in [4.78, 5) is 6.08. The van der Waals surface area contributed by atoms with Gasteiger partial charge in [0.1, 0.15) is 5.01 Å². The van der Waals surface area contributed by atoms with Gasteiger partial charge in [-0.25, -0.2) is 4.98 Å². The average Bonchev–Trinajstić information content (AvgIpc) is 2.80. The third-order valence-corrected chi connectivity index (χ3v) is 4.27. The number of halogens is 1. The second kappa shape index (κ2) is 6.51. The maximum atomic E-state index is 5.92. The van der Waals surface area contributed by atoms with Crippen LogP contribution in [0.3, 0.4) is 0 Å². The van der Waals surface area contributed by atoms with E-state index >= 15 is 0 Å². The highest BCUT2D eigenvalue weighted by atomic mass is 35.5. The zero-order chi connectivity index (χ0) is 13.8. The first kappa shape index (κ1) is 14.5. The Bertz CT molecular complexity index is 532. The van der Waals surface area contributed by atoms with Crippen molar-refractivity contribution >= 4 is 22.9 Å². The molecule has 0 bridgehead atoms. The topological polar surface area (TPSA) is 24.9 Å². The summed E-state index contributed by atoms with van der Waals surface area (Å²) in [5.74, 6) is 0. The highest BCUT2D eigenvalue weighted by Crippen LogP contribution is 2.29. The Hall–Kier alpha value is -0.900. The van der Waals surface area contributed by atoms with Gasteiger partial charge in [-0.05, 0) is 18.6 Å². The molecule has 0 radical (unpaired) electrons. The molecule has 0 spiro atoms. The van der Waals surface area contributed by atoms with Gasteiger partial charge in [-0.2, -0.15) is 0 Å². The molecule has 2 aromatic rings. The van der Waals surface area contributed by atoms with E-state index in [1.807, 2.05) is 24.3 Å². The summed E-state index contributed by atoms with van der Waals surface area (Å²) in [6, 6.07) is 8.37. The summed E-state index contributed by atoms with van der Waals surface area (Å²) in [5.41, 5.74) is 2.34. The first-order valence-electron chi connectivity index (χ1n) is 6.58. The molecular formula is C15H19ClN2S. The van der Waals surface area contributed by atoms with E-state index in [9.17, 15) is 0 Å². The summed E-state index contributed by atoms with van der Waals surface area (Å²) >= 11 is 7.69. The zero-order valence-electron chi connectivity index (χ0n) is 11.5. The van der Waals surface area contributed by atoms with Crippen LogP contribution in [0.5, 0.6) is 0 Å². The van der Waals surface area contributed by atoms with Crippen LogP contribution >= 0.6 is 22.9 Å². The van der Waals surface area contributed by atoms with Crippen molar-refractivity contribution in [1.82, 2.24) is 10.3 Å². The van der Waals surface area contributed by atoms with E-state index in [0.29, 0.717) is 6.04 Å². The first-order valence-corrected chi connectivity index (χ1v) is 7.77.